The molecule has 0 unspecified atom stereocenters. The minimum absolute atomic E-state index is 0.000176. The Hall–Kier alpha value is -2.65. The molecule has 1 aliphatic rings. The van der Waals surface area contributed by atoms with Gasteiger partial charge in [-0.2, -0.15) is 13.2 Å². The number of aromatic nitrogens is 1. The third kappa shape index (κ3) is 7.55. The molecule has 0 bridgehead atoms. The Morgan fingerprint density at radius 3 is 1.98 bits per heavy atom. The van der Waals surface area contributed by atoms with Crippen LogP contribution in [0.5, 0.6) is 5.75 Å². The van der Waals surface area contributed by atoms with E-state index in [0.29, 0.717) is 41.5 Å². The van der Waals surface area contributed by atoms with Gasteiger partial charge < -0.3 is 10.4 Å². The summed E-state index contributed by atoms with van der Waals surface area (Å²) in [5.74, 6) is -0.166. The lowest BCUT2D eigenvalue weighted by atomic mass is 9.84. The van der Waals surface area contributed by atoms with Gasteiger partial charge in [0.05, 0.1) is 0 Å². The van der Waals surface area contributed by atoms with E-state index in [1.165, 1.54) is 4.31 Å². The highest BCUT2D eigenvalue weighted by atomic mass is 35.5. The fourth-order valence-electron chi connectivity index (χ4n) is 4.90. The smallest absolute Gasteiger partial charge is 0.456 e. The number of phenolic OH excluding ortho intramolecular Hbond substituents is 1. The van der Waals surface area contributed by atoms with Gasteiger partial charge in [0.15, 0.2) is 0 Å². The van der Waals surface area contributed by atoms with Gasteiger partial charge in [0, 0.05) is 64.3 Å². The summed E-state index contributed by atoms with van der Waals surface area (Å²) in [6.45, 7) is 4.66. The van der Waals surface area contributed by atoms with E-state index in [0.717, 1.165) is 27.8 Å². The summed E-state index contributed by atoms with van der Waals surface area (Å²) >= 11 is 12.2. The van der Waals surface area contributed by atoms with Crippen molar-refractivity contribution in [2.75, 3.05) is 18.4 Å². The molecule has 4 aromatic rings. The highest BCUT2D eigenvalue weighted by molar-refractivity contribution is 7.97. The highest BCUT2D eigenvalue weighted by Gasteiger charge is 2.34. The Kier molecular flexibility index (Phi) is 10.1. The molecule has 212 valence electrons. The molecular formula is C30H30Cl2F3N3OS. The molecular weight excluding hydrogens is 578 g/mol. The number of nitrogens with zero attached hydrogens (tertiary/aromatic N) is 2. The number of piperidine rings is 1. The topological polar surface area (TPSA) is 48.4 Å². The Labute approximate surface area is 246 Å². The van der Waals surface area contributed by atoms with Crippen LogP contribution in [0.2, 0.25) is 10.0 Å². The number of pyridine rings is 1. The first kappa shape index (κ1) is 30.3. The Balaban J connectivity index is 0.00000181. The summed E-state index contributed by atoms with van der Waals surface area (Å²) in [5.41, 5.74) is -0.214. The lowest BCUT2D eigenvalue weighted by Crippen LogP contribution is -2.37. The van der Waals surface area contributed by atoms with E-state index in [9.17, 15) is 18.3 Å². The van der Waals surface area contributed by atoms with Crippen LogP contribution in [0.15, 0.2) is 72.9 Å². The van der Waals surface area contributed by atoms with Gasteiger partial charge in [-0.05, 0) is 72.0 Å². The number of hydrogen-bond acceptors (Lipinski definition) is 5. The van der Waals surface area contributed by atoms with Crippen molar-refractivity contribution in [1.29, 1.82) is 0 Å². The second-order valence-electron chi connectivity index (χ2n) is 9.22. The summed E-state index contributed by atoms with van der Waals surface area (Å²) in [6, 6.07) is 20.7. The number of benzene rings is 3. The molecule has 0 saturated carbocycles. The van der Waals surface area contributed by atoms with Gasteiger partial charge in [0.1, 0.15) is 11.3 Å². The van der Waals surface area contributed by atoms with Crippen LogP contribution in [0.25, 0.3) is 10.9 Å². The van der Waals surface area contributed by atoms with Crippen LogP contribution in [0.1, 0.15) is 49.3 Å². The van der Waals surface area contributed by atoms with E-state index in [1.807, 2.05) is 74.5 Å². The lowest BCUT2D eigenvalue weighted by Gasteiger charge is -2.32. The third-order valence-electron chi connectivity index (χ3n) is 6.63. The van der Waals surface area contributed by atoms with Gasteiger partial charge in [-0.3, -0.25) is 4.98 Å². The van der Waals surface area contributed by atoms with Crippen molar-refractivity contribution in [2.45, 2.75) is 44.2 Å². The maximum atomic E-state index is 12.7. The van der Waals surface area contributed by atoms with E-state index in [-0.39, 0.29) is 29.7 Å². The van der Waals surface area contributed by atoms with Crippen LogP contribution in [0, 0.1) is 0 Å². The van der Waals surface area contributed by atoms with Gasteiger partial charge >= 0.3 is 5.51 Å². The number of aromatic hydroxyl groups is 1. The van der Waals surface area contributed by atoms with Crippen molar-refractivity contribution < 1.29 is 18.3 Å². The Morgan fingerprint density at radius 2 is 1.45 bits per heavy atom. The minimum Gasteiger partial charge on any atom is -0.506 e. The number of alkyl halides is 3. The van der Waals surface area contributed by atoms with E-state index in [4.69, 9.17) is 23.2 Å². The Morgan fingerprint density at radius 1 is 0.900 bits per heavy atom. The molecule has 10 heteroatoms. The van der Waals surface area contributed by atoms with Crippen molar-refractivity contribution in [2.24, 2.45) is 0 Å². The van der Waals surface area contributed by atoms with Crippen LogP contribution < -0.4 is 5.32 Å². The molecule has 0 atom stereocenters. The number of fused-ring (bicyclic) bond motifs is 1. The molecule has 2 heterocycles. The number of phenols is 1. The molecule has 2 N–H and O–H groups in total. The van der Waals surface area contributed by atoms with Crippen molar-refractivity contribution in [3.63, 3.8) is 0 Å². The van der Waals surface area contributed by atoms with Gasteiger partial charge in [0.2, 0.25) is 0 Å². The maximum absolute atomic E-state index is 12.7. The molecule has 1 aromatic heterocycles. The van der Waals surface area contributed by atoms with E-state index >= 15 is 0 Å². The van der Waals surface area contributed by atoms with Gasteiger partial charge in [-0.15, -0.1) is 0 Å². The molecule has 0 amide bonds. The first-order valence-electron chi connectivity index (χ1n) is 13.1. The van der Waals surface area contributed by atoms with Crippen LogP contribution in [0.4, 0.5) is 18.9 Å². The van der Waals surface area contributed by atoms with Crippen molar-refractivity contribution in [3.8, 4) is 5.75 Å². The van der Waals surface area contributed by atoms with Crippen molar-refractivity contribution >= 4 is 51.7 Å². The predicted molar refractivity (Wildman–Crippen MR) is 160 cm³/mol. The van der Waals surface area contributed by atoms with Gasteiger partial charge in [-0.25, -0.2) is 4.31 Å². The second-order valence-corrected chi connectivity index (χ2v) is 11.3. The average molecular weight is 609 g/mol. The van der Waals surface area contributed by atoms with Crippen LogP contribution in [0.3, 0.4) is 0 Å². The number of nitrogens with one attached hydrogen (secondary N) is 1. The zero-order valence-electron chi connectivity index (χ0n) is 22.1. The molecule has 1 saturated heterocycles. The fraction of sp³-hybridized carbons (Fsp3) is 0.300. The molecule has 4 nitrogen and oxygen atoms in total. The summed E-state index contributed by atoms with van der Waals surface area (Å²) in [4.78, 5) is 4.39. The monoisotopic (exact) mass is 607 g/mol. The van der Waals surface area contributed by atoms with Gasteiger partial charge in [0.25, 0.3) is 0 Å². The second kappa shape index (κ2) is 13.3. The normalized spacial score (nSPS) is 14.7. The number of halogens is 5. The molecule has 40 heavy (non-hydrogen) atoms. The molecule has 3 aromatic carbocycles. The average Bonchev–Trinajstić information content (AvgIpc) is 2.93. The largest absolute Gasteiger partial charge is 0.506 e. The molecule has 1 aliphatic heterocycles. The molecule has 0 radical (unpaired) electrons. The van der Waals surface area contributed by atoms with E-state index in [2.05, 4.69) is 10.3 Å². The first-order chi connectivity index (χ1) is 19.2. The fourth-order valence-corrected chi connectivity index (χ4v) is 5.83. The summed E-state index contributed by atoms with van der Waals surface area (Å²) < 4.78 is 39.6. The standard InChI is InChI=1S/C28H24Cl2F3N3OS.C2H6/c29-20-5-1-17(2-6-20)26(18-3-7-21(30)8-4-18)19-15-23-24(9-12-34-27(23)25(37)16-19)35-22-10-13-36(14-11-22)38-28(31,32)33;1-2/h1-9,12,15-16,22,26,37H,10-11,13-14H2,(H,34,35);1-2H3. The van der Waals surface area contributed by atoms with Crippen molar-refractivity contribution in [1.82, 2.24) is 9.29 Å². The zero-order chi connectivity index (χ0) is 28.9. The quantitative estimate of drug-likeness (QED) is 0.169. The summed E-state index contributed by atoms with van der Waals surface area (Å²) in [6.07, 6.45) is 2.75. The van der Waals surface area contributed by atoms with Crippen LogP contribution in [-0.4, -0.2) is 39.0 Å². The first-order valence-corrected chi connectivity index (χ1v) is 14.6. The van der Waals surface area contributed by atoms with Crippen molar-refractivity contribution in [3.05, 3.63) is 99.7 Å². The number of hydrogen-bond donors (Lipinski definition) is 2. The lowest BCUT2D eigenvalue weighted by molar-refractivity contribution is -0.0366. The van der Waals surface area contributed by atoms with E-state index in [1.54, 1.807) is 12.3 Å². The van der Waals surface area contributed by atoms with Crippen LogP contribution >= 0.6 is 35.1 Å². The van der Waals surface area contributed by atoms with Crippen LogP contribution in [-0.2, 0) is 0 Å². The summed E-state index contributed by atoms with van der Waals surface area (Å²) in [7, 11) is 0. The predicted octanol–water partition coefficient (Wildman–Crippen LogP) is 9.50. The number of rotatable bonds is 6. The molecule has 1 fully saturated rings. The number of anilines is 1. The molecule has 0 aliphatic carbocycles. The molecule has 5 rings (SSSR count). The Bertz CT molecular complexity index is 1370. The summed E-state index contributed by atoms with van der Waals surface area (Å²) in [5, 5.41) is 16.5. The van der Waals surface area contributed by atoms with Gasteiger partial charge in [-0.1, -0.05) is 61.3 Å². The zero-order valence-corrected chi connectivity index (χ0v) is 24.4. The highest BCUT2D eigenvalue weighted by Crippen LogP contribution is 2.40. The molecule has 0 spiro atoms. The SMILES string of the molecule is CC.Oc1cc(C(c2ccc(Cl)cc2)c2ccc(Cl)cc2)cc2c(NC3CCN(SC(F)(F)F)CC3)ccnc12. The third-order valence-corrected chi connectivity index (χ3v) is 7.97. The minimum atomic E-state index is -4.28. The van der Waals surface area contributed by atoms with E-state index < -0.39 is 5.51 Å². The maximum Gasteiger partial charge on any atom is 0.456 e.